The Labute approximate surface area is 91.2 Å². The highest BCUT2D eigenvalue weighted by Gasteiger charge is 2.19. The molecular weight excluding hydrogens is 204 g/mol. The molecule has 4 nitrogen and oxygen atoms in total. The van der Waals surface area contributed by atoms with Gasteiger partial charge in [0.15, 0.2) is 0 Å². The van der Waals surface area contributed by atoms with Crippen LogP contribution in [0.15, 0.2) is 0 Å². The zero-order valence-electron chi connectivity index (χ0n) is 8.92. The van der Waals surface area contributed by atoms with E-state index in [2.05, 4.69) is 10.6 Å². The maximum Gasteiger partial charge on any atom is 0.407 e. The number of rotatable bonds is 2. The lowest BCUT2D eigenvalue weighted by Gasteiger charge is -2.28. The molecule has 14 heavy (non-hydrogen) atoms. The number of carbonyl (C=O) groups excluding carboxylic acids is 1. The number of halogens is 1. The SMILES string of the molecule is CC(C)(C)NC(=O)OC[C@@H]1CCN1.Cl. The molecule has 0 aliphatic carbocycles. The monoisotopic (exact) mass is 222 g/mol. The summed E-state index contributed by atoms with van der Waals surface area (Å²) in [6.45, 7) is 7.29. The van der Waals surface area contributed by atoms with Gasteiger partial charge in [0.2, 0.25) is 0 Å². The summed E-state index contributed by atoms with van der Waals surface area (Å²) in [5, 5.41) is 5.89. The highest BCUT2D eigenvalue weighted by Crippen LogP contribution is 2.03. The zero-order chi connectivity index (χ0) is 9.90. The predicted molar refractivity (Wildman–Crippen MR) is 57.9 cm³/mol. The Balaban J connectivity index is 0.00000169. The molecule has 1 saturated heterocycles. The molecule has 0 spiro atoms. The van der Waals surface area contributed by atoms with Gasteiger partial charge in [0, 0.05) is 11.6 Å². The first-order valence-electron chi connectivity index (χ1n) is 4.66. The number of amides is 1. The average molecular weight is 223 g/mol. The Morgan fingerprint density at radius 2 is 2.14 bits per heavy atom. The molecule has 1 aliphatic rings. The summed E-state index contributed by atoms with van der Waals surface area (Å²) in [6, 6.07) is 0.366. The van der Waals surface area contributed by atoms with E-state index in [4.69, 9.17) is 4.74 Å². The maximum absolute atomic E-state index is 11.1. The summed E-state index contributed by atoms with van der Waals surface area (Å²) in [7, 11) is 0. The molecule has 1 atom stereocenters. The van der Waals surface area contributed by atoms with Gasteiger partial charge in [-0.1, -0.05) is 0 Å². The molecule has 1 rings (SSSR count). The third-order valence-corrected chi connectivity index (χ3v) is 1.82. The van der Waals surface area contributed by atoms with E-state index in [0.717, 1.165) is 13.0 Å². The van der Waals surface area contributed by atoms with Crippen molar-refractivity contribution in [2.24, 2.45) is 0 Å². The summed E-state index contributed by atoms with van der Waals surface area (Å²) in [5.74, 6) is 0. The van der Waals surface area contributed by atoms with Crippen LogP contribution < -0.4 is 10.6 Å². The van der Waals surface area contributed by atoms with Gasteiger partial charge in [-0.2, -0.15) is 0 Å². The van der Waals surface area contributed by atoms with Crippen LogP contribution in [-0.2, 0) is 4.74 Å². The second kappa shape index (κ2) is 5.41. The van der Waals surface area contributed by atoms with Crippen LogP contribution >= 0.6 is 12.4 Å². The molecule has 0 aromatic rings. The normalized spacial score (nSPS) is 20.4. The van der Waals surface area contributed by atoms with Crippen LogP contribution in [0.4, 0.5) is 4.79 Å². The van der Waals surface area contributed by atoms with Crippen LogP contribution in [0.5, 0.6) is 0 Å². The van der Waals surface area contributed by atoms with Crippen molar-refractivity contribution in [3.8, 4) is 0 Å². The van der Waals surface area contributed by atoms with Crippen LogP contribution in [0.2, 0.25) is 0 Å². The van der Waals surface area contributed by atoms with E-state index in [9.17, 15) is 4.79 Å². The van der Waals surface area contributed by atoms with Crippen molar-refractivity contribution in [1.29, 1.82) is 0 Å². The van der Waals surface area contributed by atoms with Crippen LogP contribution in [0.1, 0.15) is 27.2 Å². The molecule has 0 radical (unpaired) electrons. The van der Waals surface area contributed by atoms with Gasteiger partial charge in [-0.3, -0.25) is 0 Å². The van der Waals surface area contributed by atoms with Crippen molar-refractivity contribution in [1.82, 2.24) is 10.6 Å². The summed E-state index contributed by atoms with van der Waals surface area (Å²) < 4.78 is 5.01. The van der Waals surface area contributed by atoms with Gasteiger partial charge in [0.05, 0.1) is 0 Å². The first-order chi connectivity index (χ1) is 5.97. The Hall–Kier alpha value is -0.480. The van der Waals surface area contributed by atoms with E-state index in [1.807, 2.05) is 20.8 Å². The second-order valence-electron chi connectivity index (χ2n) is 4.41. The summed E-state index contributed by atoms with van der Waals surface area (Å²) in [4.78, 5) is 11.1. The van der Waals surface area contributed by atoms with Gasteiger partial charge in [-0.25, -0.2) is 4.79 Å². The van der Waals surface area contributed by atoms with E-state index in [1.54, 1.807) is 0 Å². The Kier molecular flexibility index (Phi) is 5.23. The topological polar surface area (TPSA) is 50.4 Å². The van der Waals surface area contributed by atoms with Gasteiger partial charge < -0.3 is 15.4 Å². The summed E-state index contributed by atoms with van der Waals surface area (Å²) in [5.41, 5.74) is -0.218. The van der Waals surface area contributed by atoms with E-state index < -0.39 is 0 Å². The number of nitrogens with one attached hydrogen (secondary N) is 2. The largest absolute Gasteiger partial charge is 0.448 e. The van der Waals surface area contributed by atoms with Gasteiger partial charge in [0.25, 0.3) is 0 Å². The molecule has 1 aliphatic heterocycles. The molecule has 0 aromatic heterocycles. The molecule has 1 fully saturated rings. The van der Waals surface area contributed by atoms with Crippen LogP contribution in [0.3, 0.4) is 0 Å². The predicted octanol–water partition coefficient (Wildman–Crippen LogP) is 1.29. The quantitative estimate of drug-likeness (QED) is 0.741. The Morgan fingerprint density at radius 1 is 1.57 bits per heavy atom. The van der Waals surface area contributed by atoms with Crippen molar-refractivity contribution in [3.63, 3.8) is 0 Å². The highest BCUT2D eigenvalue weighted by molar-refractivity contribution is 5.85. The Bertz CT molecular complexity index is 188. The number of ether oxygens (including phenoxy) is 1. The molecule has 1 heterocycles. The lowest BCUT2D eigenvalue weighted by atomic mass is 10.1. The fourth-order valence-corrected chi connectivity index (χ4v) is 1.01. The minimum atomic E-state index is -0.332. The Morgan fingerprint density at radius 3 is 2.50 bits per heavy atom. The standard InChI is InChI=1S/C9H18N2O2.ClH/c1-9(2,3)11-8(12)13-6-7-4-5-10-7;/h7,10H,4-6H2,1-3H3,(H,11,12);1H/t7-;/m0./s1. The lowest BCUT2D eigenvalue weighted by molar-refractivity contribution is 0.114. The molecule has 5 heteroatoms. The minimum Gasteiger partial charge on any atom is -0.448 e. The molecule has 1 amide bonds. The van der Waals surface area contributed by atoms with Gasteiger partial charge in [-0.05, 0) is 33.7 Å². The summed E-state index contributed by atoms with van der Waals surface area (Å²) in [6.07, 6.45) is 0.768. The average Bonchev–Trinajstić information content (AvgIpc) is 1.78. The first-order valence-corrected chi connectivity index (χ1v) is 4.66. The maximum atomic E-state index is 11.1. The molecule has 84 valence electrons. The van der Waals surface area contributed by atoms with E-state index in [-0.39, 0.29) is 24.0 Å². The smallest absolute Gasteiger partial charge is 0.407 e. The number of carbonyl (C=O) groups is 1. The molecular formula is C9H19ClN2O2. The van der Waals surface area contributed by atoms with Gasteiger partial charge >= 0.3 is 6.09 Å². The zero-order valence-corrected chi connectivity index (χ0v) is 9.74. The van der Waals surface area contributed by atoms with Gasteiger partial charge in [-0.15, -0.1) is 12.4 Å². The van der Waals surface area contributed by atoms with Crippen molar-refractivity contribution >= 4 is 18.5 Å². The van der Waals surface area contributed by atoms with E-state index in [0.29, 0.717) is 12.6 Å². The molecule has 2 N–H and O–H groups in total. The van der Waals surface area contributed by atoms with Crippen molar-refractivity contribution in [3.05, 3.63) is 0 Å². The van der Waals surface area contributed by atoms with Crippen molar-refractivity contribution in [2.45, 2.75) is 38.8 Å². The third-order valence-electron chi connectivity index (χ3n) is 1.82. The number of hydrogen-bond donors (Lipinski definition) is 2. The van der Waals surface area contributed by atoms with Crippen LogP contribution in [0, 0.1) is 0 Å². The van der Waals surface area contributed by atoms with Crippen LogP contribution in [-0.4, -0.2) is 30.8 Å². The fourth-order valence-electron chi connectivity index (χ4n) is 1.01. The second-order valence-corrected chi connectivity index (χ2v) is 4.41. The van der Waals surface area contributed by atoms with Crippen molar-refractivity contribution in [2.75, 3.05) is 13.2 Å². The van der Waals surface area contributed by atoms with E-state index in [1.165, 1.54) is 0 Å². The minimum absolute atomic E-state index is 0. The van der Waals surface area contributed by atoms with Gasteiger partial charge in [0.1, 0.15) is 6.61 Å². The molecule has 0 bridgehead atoms. The highest BCUT2D eigenvalue weighted by atomic mass is 35.5. The third kappa shape index (κ3) is 5.29. The van der Waals surface area contributed by atoms with Crippen LogP contribution in [0.25, 0.3) is 0 Å². The fraction of sp³-hybridized carbons (Fsp3) is 0.889. The molecule has 0 unspecified atom stereocenters. The summed E-state index contributed by atoms with van der Waals surface area (Å²) >= 11 is 0. The number of alkyl carbamates (subject to hydrolysis) is 1. The van der Waals surface area contributed by atoms with E-state index >= 15 is 0 Å². The molecule has 0 saturated carbocycles. The molecule has 0 aromatic carbocycles. The lowest BCUT2D eigenvalue weighted by Crippen LogP contribution is -2.48. The first kappa shape index (κ1) is 13.5. The van der Waals surface area contributed by atoms with Crippen molar-refractivity contribution < 1.29 is 9.53 Å². The number of hydrogen-bond acceptors (Lipinski definition) is 3.